The summed E-state index contributed by atoms with van der Waals surface area (Å²) < 4.78 is 5.28. The van der Waals surface area contributed by atoms with Crippen LogP contribution in [-0.4, -0.2) is 63.2 Å². The van der Waals surface area contributed by atoms with Gasteiger partial charge in [-0.15, -0.1) is 0 Å². The fourth-order valence-electron chi connectivity index (χ4n) is 1.29. The van der Waals surface area contributed by atoms with Crippen LogP contribution in [0.4, 0.5) is 0 Å². The number of halogens is 1. The average molecular weight is 431 g/mol. The Labute approximate surface area is 163 Å². The maximum atomic E-state index is 10.6. The van der Waals surface area contributed by atoms with Crippen molar-refractivity contribution in [1.29, 1.82) is 0 Å². The Morgan fingerprint density at radius 1 is 1.04 bits per heavy atom. The monoisotopic (exact) mass is 430 g/mol. The number of benzene rings is 1. The molecule has 1 aromatic carbocycles. The molecule has 1 aromatic rings. The molecule has 0 unspecified atom stereocenters. The second-order valence-corrected chi connectivity index (χ2v) is 5.74. The first kappa shape index (κ1) is 26.3. The van der Waals surface area contributed by atoms with Crippen LogP contribution in [0.15, 0.2) is 18.2 Å². The summed E-state index contributed by atoms with van der Waals surface area (Å²) in [4.78, 5) is 40.2. The molecular weight excluding hydrogens is 404 g/mol. The van der Waals surface area contributed by atoms with E-state index < -0.39 is 0 Å². The molecule has 0 bridgehead atoms. The maximum Gasteiger partial charge on any atom is 0.150 e. The number of aldehydes is 4. The molecule has 0 saturated heterocycles. The molecule has 146 valence electrons. The van der Waals surface area contributed by atoms with E-state index in [-0.39, 0.29) is 0 Å². The molecule has 0 aliphatic rings. The highest BCUT2D eigenvalue weighted by Gasteiger charge is 2.02. The van der Waals surface area contributed by atoms with Crippen molar-refractivity contribution in [2.24, 2.45) is 0 Å². The van der Waals surface area contributed by atoms with Crippen molar-refractivity contribution in [3.05, 3.63) is 29.3 Å². The van der Waals surface area contributed by atoms with E-state index in [4.69, 9.17) is 4.74 Å². The van der Waals surface area contributed by atoms with E-state index in [1.54, 1.807) is 18.2 Å². The zero-order chi connectivity index (χ0) is 20.2. The largest absolute Gasteiger partial charge is 0.493 e. The Bertz CT molecular complexity index is 516. The van der Waals surface area contributed by atoms with Crippen molar-refractivity contribution in [3.8, 4) is 5.75 Å². The van der Waals surface area contributed by atoms with Crippen molar-refractivity contribution >= 4 is 41.1 Å². The fourth-order valence-corrected chi connectivity index (χ4v) is 1.45. The van der Waals surface area contributed by atoms with Gasteiger partial charge in [0.1, 0.15) is 18.3 Å². The lowest BCUT2D eigenvalue weighted by atomic mass is 10.1. The summed E-state index contributed by atoms with van der Waals surface area (Å²) in [7, 11) is 5.76. The highest BCUT2D eigenvalue weighted by Crippen LogP contribution is 2.15. The molecule has 7 nitrogen and oxygen atoms in total. The molecule has 0 fully saturated rings. The average Bonchev–Trinajstić information content (AvgIpc) is 2.67. The third-order valence-electron chi connectivity index (χ3n) is 2.75. The number of hydrogen-bond acceptors (Lipinski definition) is 7. The number of nitrogens with one attached hydrogen (secondary N) is 1. The van der Waals surface area contributed by atoms with Gasteiger partial charge in [-0.05, 0) is 31.7 Å². The standard InChI is InChI=1S/C10H9BrO3.C5H8O2.C3H10N2/c11-3-4-14-10-2-1-8(6-12)9(5-10)7-13;6-4-2-1-3-5-7;1-4-5(2)3/h1-2,5-7H,3-4H2;4-5H,1-3H2;4H,1-3H3. The minimum atomic E-state index is 0.354. The molecule has 1 rings (SSSR count). The number of carbonyl (C=O) groups excluding carboxylic acids is 4. The van der Waals surface area contributed by atoms with E-state index in [2.05, 4.69) is 21.4 Å². The molecule has 0 amide bonds. The van der Waals surface area contributed by atoms with E-state index in [1.807, 2.05) is 26.2 Å². The highest BCUT2D eigenvalue weighted by molar-refractivity contribution is 9.09. The lowest BCUT2D eigenvalue weighted by molar-refractivity contribution is -0.108. The van der Waals surface area contributed by atoms with Crippen LogP contribution in [0.1, 0.15) is 40.0 Å². The normalized spacial score (nSPS) is 9.12. The van der Waals surface area contributed by atoms with Crippen LogP contribution in [0, 0.1) is 0 Å². The second-order valence-electron chi connectivity index (χ2n) is 4.95. The van der Waals surface area contributed by atoms with Crippen LogP contribution >= 0.6 is 15.9 Å². The number of hydrogen-bond donors (Lipinski definition) is 1. The van der Waals surface area contributed by atoms with Crippen LogP contribution in [-0.2, 0) is 9.59 Å². The van der Waals surface area contributed by atoms with Crippen molar-refractivity contribution in [3.63, 3.8) is 0 Å². The summed E-state index contributed by atoms with van der Waals surface area (Å²) in [5, 5.41) is 2.60. The predicted octanol–water partition coefficient (Wildman–Crippen LogP) is 2.32. The highest BCUT2D eigenvalue weighted by atomic mass is 79.9. The van der Waals surface area contributed by atoms with Gasteiger partial charge in [0.25, 0.3) is 0 Å². The summed E-state index contributed by atoms with van der Waals surface area (Å²) in [5.74, 6) is 0.595. The van der Waals surface area contributed by atoms with Gasteiger partial charge in [-0.2, -0.15) is 0 Å². The van der Waals surface area contributed by atoms with Crippen molar-refractivity contribution < 1.29 is 23.9 Å². The van der Waals surface area contributed by atoms with Gasteiger partial charge in [-0.25, -0.2) is 0 Å². The molecule has 8 heteroatoms. The first-order chi connectivity index (χ1) is 12.5. The second kappa shape index (κ2) is 19.4. The third kappa shape index (κ3) is 15.6. The van der Waals surface area contributed by atoms with Gasteiger partial charge >= 0.3 is 0 Å². The number of ether oxygens (including phenoxy) is 1. The number of hydrazine groups is 1. The SMILES string of the molecule is CNN(C)C.O=CCCCC=O.O=Cc1ccc(OCCBr)cc1C=O. The molecule has 0 radical (unpaired) electrons. The van der Waals surface area contributed by atoms with Gasteiger partial charge in [0.05, 0.1) is 6.61 Å². The molecular formula is C18H27BrN2O5. The number of unbranched alkanes of at least 4 members (excludes halogenated alkanes) is 2. The molecule has 0 saturated carbocycles. The number of carbonyl (C=O) groups is 4. The number of alkyl halides is 1. The number of rotatable bonds is 10. The van der Waals surface area contributed by atoms with Gasteiger partial charge in [-0.1, -0.05) is 15.9 Å². The summed E-state index contributed by atoms with van der Waals surface area (Å²) in [5.41, 5.74) is 3.60. The van der Waals surface area contributed by atoms with E-state index in [9.17, 15) is 19.2 Å². The minimum absolute atomic E-state index is 0.354. The first-order valence-corrected chi connectivity index (χ1v) is 9.07. The summed E-state index contributed by atoms with van der Waals surface area (Å²) in [6.07, 6.45) is 4.67. The van der Waals surface area contributed by atoms with Crippen LogP contribution in [0.2, 0.25) is 0 Å². The molecule has 0 aliphatic heterocycles. The van der Waals surface area contributed by atoms with Crippen molar-refractivity contribution in [1.82, 2.24) is 10.4 Å². The van der Waals surface area contributed by atoms with E-state index >= 15 is 0 Å². The van der Waals surface area contributed by atoms with E-state index in [0.29, 0.717) is 55.3 Å². The van der Waals surface area contributed by atoms with Gasteiger partial charge in [0.2, 0.25) is 0 Å². The molecule has 26 heavy (non-hydrogen) atoms. The Hall–Kier alpha value is -1.90. The molecule has 0 heterocycles. The summed E-state index contributed by atoms with van der Waals surface area (Å²) >= 11 is 3.22. The van der Waals surface area contributed by atoms with E-state index in [0.717, 1.165) is 17.9 Å². The van der Waals surface area contributed by atoms with Crippen molar-refractivity contribution in [2.45, 2.75) is 19.3 Å². The molecule has 1 N–H and O–H groups in total. The van der Waals surface area contributed by atoms with Gasteiger partial charge in [0, 0.05) is 43.4 Å². The van der Waals surface area contributed by atoms with Gasteiger partial charge in [-0.3, -0.25) is 20.0 Å². The Balaban J connectivity index is 0. The Kier molecular flexibility index (Phi) is 19.7. The number of nitrogens with zero attached hydrogens (tertiary/aromatic N) is 1. The third-order valence-corrected chi connectivity index (χ3v) is 3.07. The molecule has 0 aromatic heterocycles. The zero-order valence-corrected chi connectivity index (χ0v) is 17.0. The molecule has 0 aliphatic carbocycles. The van der Waals surface area contributed by atoms with Crippen LogP contribution in [0.5, 0.6) is 5.75 Å². The Morgan fingerprint density at radius 3 is 1.96 bits per heavy atom. The van der Waals surface area contributed by atoms with Crippen LogP contribution < -0.4 is 10.2 Å². The fraction of sp³-hybridized carbons (Fsp3) is 0.444. The van der Waals surface area contributed by atoms with Crippen LogP contribution in [0.25, 0.3) is 0 Å². The minimum Gasteiger partial charge on any atom is -0.493 e. The summed E-state index contributed by atoms with van der Waals surface area (Å²) in [6, 6.07) is 4.79. The maximum absolute atomic E-state index is 10.6. The first-order valence-electron chi connectivity index (χ1n) is 7.95. The summed E-state index contributed by atoms with van der Waals surface area (Å²) in [6.45, 7) is 0.527. The topological polar surface area (TPSA) is 92.8 Å². The smallest absolute Gasteiger partial charge is 0.150 e. The quantitative estimate of drug-likeness (QED) is 0.263. The predicted molar refractivity (Wildman–Crippen MR) is 105 cm³/mol. The van der Waals surface area contributed by atoms with Gasteiger partial charge < -0.3 is 14.3 Å². The lowest BCUT2D eigenvalue weighted by Gasteiger charge is -2.05. The van der Waals surface area contributed by atoms with E-state index in [1.165, 1.54) is 0 Å². The van der Waals surface area contributed by atoms with Crippen LogP contribution in [0.3, 0.4) is 0 Å². The zero-order valence-electron chi connectivity index (χ0n) is 15.4. The Morgan fingerprint density at radius 2 is 1.58 bits per heavy atom. The molecule has 0 atom stereocenters. The van der Waals surface area contributed by atoms with Gasteiger partial charge in [0.15, 0.2) is 12.6 Å². The van der Waals surface area contributed by atoms with Crippen molar-refractivity contribution in [2.75, 3.05) is 33.1 Å². The lowest BCUT2D eigenvalue weighted by Crippen LogP contribution is -2.25. The molecule has 0 spiro atoms.